The molecule has 7 nitrogen and oxygen atoms in total. The zero-order chi connectivity index (χ0) is 12.3. The second kappa shape index (κ2) is 4.63. The smallest absolute Gasteiger partial charge is 0.247 e. The molecule has 0 saturated heterocycles. The first-order chi connectivity index (χ1) is 7.29. The fourth-order valence-electron chi connectivity index (χ4n) is 0.959. The second-order valence-electron chi connectivity index (χ2n) is 2.86. The summed E-state index contributed by atoms with van der Waals surface area (Å²) in [7, 11) is -5.09. The van der Waals surface area contributed by atoms with Crippen LogP contribution in [0.4, 0.5) is 5.69 Å². The standard InChI is InChI=1S/C8H10NO6P/c1-6(10)9(11)7-2-4-8(5-3-7)15-16(12,13)14/h2-5,11H,1H3,(H2,12,13,14)/p-2. The molecular formula is C8H8NO6P-2. The molecule has 0 spiro atoms. The van der Waals surface area contributed by atoms with E-state index in [-0.39, 0.29) is 11.4 Å². The van der Waals surface area contributed by atoms with Crippen LogP contribution >= 0.6 is 7.82 Å². The predicted molar refractivity (Wildman–Crippen MR) is 49.6 cm³/mol. The summed E-state index contributed by atoms with van der Waals surface area (Å²) in [5.41, 5.74) is 0.131. The van der Waals surface area contributed by atoms with Gasteiger partial charge in [0.25, 0.3) is 0 Å². The second-order valence-corrected chi connectivity index (χ2v) is 3.94. The van der Waals surface area contributed by atoms with E-state index in [2.05, 4.69) is 4.52 Å². The number of nitrogens with zero attached hydrogens (tertiary/aromatic N) is 1. The van der Waals surface area contributed by atoms with Crippen LogP contribution in [0.2, 0.25) is 0 Å². The summed E-state index contributed by atoms with van der Waals surface area (Å²) < 4.78 is 14.3. The zero-order valence-corrected chi connectivity index (χ0v) is 9.09. The van der Waals surface area contributed by atoms with Crippen molar-refractivity contribution in [2.24, 2.45) is 0 Å². The van der Waals surface area contributed by atoms with Crippen molar-refractivity contribution in [3.8, 4) is 5.75 Å². The van der Waals surface area contributed by atoms with Gasteiger partial charge in [-0.1, -0.05) is 0 Å². The number of benzene rings is 1. The van der Waals surface area contributed by atoms with Crippen LogP contribution in [0.3, 0.4) is 0 Å². The van der Waals surface area contributed by atoms with E-state index >= 15 is 0 Å². The Labute approximate surface area is 91.1 Å². The molecule has 0 unspecified atom stereocenters. The van der Waals surface area contributed by atoms with Crippen molar-refractivity contribution in [1.29, 1.82) is 0 Å². The van der Waals surface area contributed by atoms with Gasteiger partial charge in [0.15, 0.2) is 0 Å². The summed E-state index contributed by atoms with van der Waals surface area (Å²) in [5.74, 6) is -0.791. The number of phosphoric acid groups is 1. The summed E-state index contributed by atoms with van der Waals surface area (Å²) in [5, 5.41) is 9.56. The molecule has 0 radical (unpaired) electrons. The number of hydrogen-bond acceptors (Lipinski definition) is 6. The molecule has 0 aliphatic heterocycles. The van der Waals surface area contributed by atoms with Crippen LogP contribution in [-0.4, -0.2) is 11.1 Å². The van der Waals surface area contributed by atoms with Crippen LogP contribution in [0, 0.1) is 0 Å². The van der Waals surface area contributed by atoms with Gasteiger partial charge in [-0.15, -0.1) is 0 Å². The molecule has 88 valence electrons. The highest BCUT2D eigenvalue weighted by molar-refractivity contribution is 7.43. The lowest BCUT2D eigenvalue weighted by Crippen LogP contribution is -2.23. The van der Waals surface area contributed by atoms with E-state index in [0.29, 0.717) is 5.06 Å². The molecule has 1 N–H and O–H groups in total. The largest absolute Gasteiger partial charge is 0.780 e. The van der Waals surface area contributed by atoms with Crippen LogP contribution in [-0.2, 0) is 9.36 Å². The molecule has 0 aromatic heterocycles. The van der Waals surface area contributed by atoms with Gasteiger partial charge in [0.05, 0.1) is 5.69 Å². The number of amides is 1. The van der Waals surface area contributed by atoms with Crippen LogP contribution in [0.25, 0.3) is 0 Å². The van der Waals surface area contributed by atoms with E-state index in [1.54, 1.807) is 0 Å². The lowest BCUT2D eigenvalue weighted by Gasteiger charge is -2.29. The van der Waals surface area contributed by atoms with E-state index in [1.807, 2.05) is 0 Å². The van der Waals surface area contributed by atoms with Crippen molar-refractivity contribution in [3.63, 3.8) is 0 Å². The summed E-state index contributed by atoms with van der Waals surface area (Å²) >= 11 is 0. The number of hydrogen-bond donors (Lipinski definition) is 1. The molecule has 0 heterocycles. The Kier molecular flexibility index (Phi) is 3.66. The summed E-state index contributed by atoms with van der Waals surface area (Å²) in [6, 6.07) is 4.74. The topological polar surface area (TPSA) is 113 Å². The molecule has 0 aliphatic carbocycles. The molecule has 0 aliphatic rings. The quantitative estimate of drug-likeness (QED) is 0.441. The van der Waals surface area contributed by atoms with Crippen LogP contribution in [0.5, 0.6) is 5.75 Å². The molecule has 1 amide bonds. The van der Waals surface area contributed by atoms with Gasteiger partial charge in [-0.05, 0) is 24.3 Å². The average molecular weight is 245 g/mol. The maximum Gasteiger partial charge on any atom is 0.247 e. The van der Waals surface area contributed by atoms with Crippen LogP contribution in [0.15, 0.2) is 24.3 Å². The highest BCUT2D eigenvalue weighted by Gasteiger charge is 2.07. The highest BCUT2D eigenvalue weighted by Crippen LogP contribution is 2.30. The Morgan fingerprint density at radius 1 is 1.38 bits per heavy atom. The van der Waals surface area contributed by atoms with Crippen molar-refractivity contribution in [2.75, 3.05) is 5.06 Å². The Hall–Kier alpha value is -1.40. The molecular weight excluding hydrogens is 237 g/mol. The van der Waals surface area contributed by atoms with E-state index in [4.69, 9.17) is 0 Å². The Morgan fingerprint density at radius 3 is 2.25 bits per heavy atom. The van der Waals surface area contributed by atoms with Gasteiger partial charge in [-0.3, -0.25) is 10.0 Å². The highest BCUT2D eigenvalue weighted by atomic mass is 31.2. The summed E-state index contributed by atoms with van der Waals surface area (Å²) in [4.78, 5) is 31.3. The molecule has 0 fully saturated rings. The first-order valence-electron chi connectivity index (χ1n) is 4.11. The Morgan fingerprint density at radius 2 is 1.88 bits per heavy atom. The molecule has 0 saturated carbocycles. The minimum Gasteiger partial charge on any atom is -0.780 e. The third kappa shape index (κ3) is 3.63. The number of carbonyl (C=O) groups excluding carboxylic acids is 1. The van der Waals surface area contributed by atoms with Gasteiger partial charge >= 0.3 is 0 Å². The Balaban J connectivity index is 2.83. The van der Waals surface area contributed by atoms with Crippen LogP contribution in [0.1, 0.15) is 6.92 Å². The van der Waals surface area contributed by atoms with Gasteiger partial charge in [-0.2, -0.15) is 5.06 Å². The lowest BCUT2D eigenvalue weighted by molar-refractivity contribution is -0.333. The summed E-state index contributed by atoms with van der Waals surface area (Å²) in [6.45, 7) is 1.15. The number of carbonyl (C=O) groups is 1. The van der Waals surface area contributed by atoms with Gasteiger partial charge in [0.2, 0.25) is 5.91 Å². The number of anilines is 1. The number of rotatable bonds is 3. The average Bonchev–Trinajstić information content (AvgIpc) is 2.15. The molecule has 1 aromatic rings. The third-order valence-electron chi connectivity index (χ3n) is 1.60. The van der Waals surface area contributed by atoms with Crippen molar-refractivity contribution in [2.45, 2.75) is 6.92 Å². The van der Waals surface area contributed by atoms with E-state index in [1.165, 1.54) is 12.1 Å². The number of hydroxylamine groups is 1. The normalized spacial score (nSPS) is 11.0. The fourth-order valence-corrected chi connectivity index (χ4v) is 1.34. The zero-order valence-electron chi connectivity index (χ0n) is 8.19. The third-order valence-corrected chi connectivity index (χ3v) is 2.03. The van der Waals surface area contributed by atoms with Gasteiger partial charge < -0.3 is 18.9 Å². The number of phosphoric ester groups is 1. The fraction of sp³-hybridized carbons (Fsp3) is 0.125. The monoisotopic (exact) mass is 245 g/mol. The predicted octanol–water partition coefficient (Wildman–Crippen LogP) is -0.364. The van der Waals surface area contributed by atoms with E-state index in [9.17, 15) is 24.4 Å². The van der Waals surface area contributed by atoms with Crippen molar-refractivity contribution in [3.05, 3.63) is 24.3 Å². The lowest BCUT2D eigenvalue weighted by atomic mass is 10.3. The first-order valence-corrected chi connectivity index (χ1v) is 5.57. The van der Waals surface area contributed by atoms with Gasteiger partial charge in [0.1, 0.15) is 13.6 Å². The maximum atomic E-state index is 10.8. The molecule has 16 heavy (non-hydrogen) atoms. The first kappa shape index (κ1) is 12.7. The van der Waals surface area contributed by atoms with Gasteiger partial charge in [0, 0.05) is 6.92 Å². The minimum absolute atomic E-state index is 0.131. The SMILES string of the molecule is CC(=O)N(O)c1ccc(OP(=O)([O-])[O-])cc1. The van der Waals surface area contributed by atoms with E-state index in [0.717, 1.165) is 19.1 Å². The van der Waals surface area contributed by atoms with Crippen LogP contribution < -0.4 is 19.4 Å². The van der Waals surface area contributed by atoms with Gasteiger partial charge in [-0.25, -0.2) is 0 Å². The molecule has 8 heteroatoms. The Bertz CT molecular complexity index is 425. The molecule has 1 aromatic carbocycles. The van der Waals surface area contributed by atoms with Crippen molar-refractivity contribution < 1.29 is 28.9 Å². The van der Waals surface area contributed by atoms with E-state index < -0.39 is 13.7 Å². The maximum absolute atomic E-state index is 10.8. The molecule has 1 rings (SSSR count). The summed E-state index contributed by atoms with van der Waals surface area (Å²) in [6.07, 6.45) is 0. The molecule has 0 bridgehead atoms. The van der Waals surface area contributed by atoms with Crippen molar-refractivity contribution >= 4 is 19.4 Å². The molecule has 0 atom stereocenters. The van der Waals surface area contributed by atoms with Crippen molar-refractivity contribution in [1.82, 2.24) is 0 Å². The minimum atomic E-state index is -5.09.